The molecule has 31 heavy (non-hydrogen) atoms. The van der Waals surface area contributed by atoms with Crippen molar-refractivity contribution in [3.05, 3.63) is 34.9 Å². The lowest BCUT2D eigenvalue weighted by Crippen LogP contribution is -2.50. The van der Waals surface area contributed by atoms with Gasteiger partial charge >= 0.3 is 5.97 Å². The molecular formula is C23H39N3O4S. The fourth-order valence-corrected chi connectivity index (χ4v) is 3.64. The van der Waals surface area contributed by atoms with Gasteiger partial charge in [-0.15, -0.1) is 0 Å². The van der Waals surface area contributed by atoms with Crippen LogP contribution in [0.25, 0.3) is 0 Å². The topological polar surface area (TPSA) is 122 Å². The van der Waals surface area contributed by atoms with Gasteiger partial charge in [0.25, 0.3) is 5.91 Å². The fraction of sp³-hybridized carbons (Fsp3) is 0.609. The third kappa shape index (κ3) is 15.4. The van der Waals surface area contributed by atoms with Crippen molar-refractivity contribution >= 4 is 29.5 Å². The molecule has 0 rings (SSSR count). The number of nitrogens with one attached hydrogen (secondary N) is 2. The molecule has 176 valence electrons. The number of aliphatic carboxylic acids is 1. The molecule has 1 unspecified atom stereocenters. The smallest absolute Gasteiger partial charge is 0.306 e. The average molecular weight is 454 g/mol. The Hall–Kier alpha value is -2.06. The molecule has 5 N–H and O–H groups in total. The highest BCUT2D eigenvalue weighted by molar-refractivity contribution is 7.99. The van der Waals surface area contributed by atoms with Gasteiger partial charge in [0, 0.05) is 17.9 Å². The number of rotatable bonds is 15. The largest absolute Gasteiger partial charge is 0.481 e. The second-order valence-electron chi connectivity index (χ2n) is 8.07. The lowest BCUT2D eigenvalue weighted by atomic mass is 10.1. The molecule has 0 spiro atoms. The third-order valence-electron chi connectivity index (χ3n) is 4.66. The van der Waals surface area contributed by atoms with Gasteiger partial charge in [0.2, 0.25) is 5.91 Å². The van der Waals surface area contributed by atoms with Crippen LogP contribution in [0.5, 0.6) is 0 Å². The Labute approximate surface area is 191 Å². The quantitative estimate of drug-likeness (QED) is 0.0985. The molecule has 0 aliphatic heterocycles. The molecule has 0 saturated heterocycles. The van der Waals surface area contributed by atoms with Crippen molar-refractivity contribution in [3.8, 4) is 0 Å². The maximum absolute atomic E-state index is 12.0. The van der Waals surface area contributed by atoms with Crippen LogP contribution in [0.3, 0.4) is 0 Å². The summed E-state index contributed by atoms with van der Waals surface area (Å²) >= 11 is 1.51. The summed E-state index contributed by atoms with van der Waals surface area (Å²) < 4.78 is 0. The number of amides is 2. The first-order valence-corrected chi connectivity index (χ1v) is 11.8. The number of carbonyl (C=O) groups excluding carboxylic acids is 2. The number of nitrogens with two attached hydrogens (primary N) is 1. The van der Waals surface area contributed by atoms with Gasteiger partial charge in [-0.05, 0) is 53.4 Å². The predicted molar refractivity (Wildman–Crippen MR) is 128 cm³/mol. The molecular weight excluding hydrogens is 414 g/mol. The van der Waals surface area contributed by atoms with Gasteiger partial charge in [-0.2, -0.15) is 11.8 Å². The van der Waals surface area contributed by atoms with E-state index in [4.69, 9.17) is 10.9 Å². The molecule has 0 aliphatic rings. The maximum atomic E-state index is 12.0. The van der Waals surface area contributed by atoms with Crippen LogP contribution >= 0.6 is 11.8 Å². The first-order chi connectivity index (χ1) is 14.6. The predicted octanol–water partition coefficient (Wildman–Crippen LogP) is 3.72. The van der Waals surface area contributed by atoms with E-state index in [2.05, 4.69) is 51.2 Å². The number of hydrogen-bond acceptors (Lipinski definition) is 5. The van der Waals surface area contributed by atoms with Crippen LogP contribution in [0.15, 0.2) is 34.9 Å². The first-order valence-electron chi connectivity index (χ1n) is 10.6. The summed E-state index contributed by atoms with van der Waals surface area (Å²) in [6, 6.07) is -0.802. The molecule has 0 heterocycles. The first kappa shape index (κ1) is 28.9. The van der Waals surface area contributed by atoms with E-state index in [0.717, 1.165) is 25.7 Å². The number of carboxylic acids is 1. The van der Waals surface area contributed by atoms with Gasteiger partial charge in [-0.25, -0.2) is 5.84 Å². The van der Waals surface area contributed by atoms with E-state index in [1.807, 2.05) is 5.43 Å². The molecule has 2 atom stereocenters. The summed E-state index contributed by atoms with van der Waals surface area (Å²) in [6.07, 6.45) is 10.6. The summed E-state index contributed by atoms with van der Waals surface area (Å²) in [4.78, 5) is 34.8. The average Bonchev–Trinajstić information content (AvgIpc) is 2.69. The summed E-state index contributed by atoms with van der Waals surface area (Å²) in [5, 5.41) is 11.5. The monoisotopic (exact) mass is 453 g/mol. The number of hydrazine groups is 1. The zero-order valence-electron chi connectivity index (χ0n) is 19.5. The zero-order valence-corrected chi connectivity index (χ0v) is 20.3. The van der Waals surface area contributed by atoms with E-state index in [1.165, 1.54) is 35.4 Å². The Morgan fingerprint density at radius 1 is 1.00 bits per heavy atom. The van der Waals surface area contributed by atoms with Crippen molar-refractivity contribution in [1.82, 2.24) is 10.7 Å². The molecule has 0 aromatic carbocycles. The third-order valence-corrected chi connectivity index (χ3v) is 5.64. The van der Waals surface area contributed by atoms with Crippen molar-refractivity contribution in [2.75, 3.05) is 11.5 Å². The second-order valence-corrected chi connectivity index (χ2v) is 9.14. The van der Waals surface area contributed by atoms with Crippen LogP contribution in [0.1, 0.15) is 66.7 Å². The molecule has 0 aromatic rings. The fourth-order valence-electron chi connectivity index (χ4n) is 2.63. The molecule has 8 heteroatoms. The zero-order chi connectivity index (χ0) is 23.8. The highest BCUT2D eigenvalue weighted by Crippen LogP contribution is 2.13. The molecule has 2 amide bonds. The van der Waals surface area contributed by atoms with E-state index < -0.39 is 29.7 Å². The van der Waals surface area contributed by atoms with Crippen LogP contribution in [0, 0.1) is 5.92 Å². The van der Waals surface area contributed by atoms with E-state index in [-0.39, 0.29) is 6.42 Å². The van der Waals surface area contributed by atoms with Crippen molar-refractivity contribution < 1.29 is 19.5 Å². The minimum absolute atomic E-state index is 0.186. The van der Waals surface area contributed by atoms with Crippen LogP contribution in [-0.4, -0.2) is 40.4 Å². The number of allylic oxidation sites excluding steroid dienone is 5. The van der Waals surface area contributed by atoms with Crippen molar-refractivity contribution in [2.45, 2.75) is 72.8 Å². The van der Waals surface area contributed by atoms with Gasteiger partial charge in [-0.3, -0.25) is 19.8 Å². The SMILES string of the molecule is CC(C)=CCC/C(C)=C/CC/C(C)=C/CSC[C@H](NC(=O)CC(C)C(=O)O)C(=O)NN. The Kier molecular flexibility index (Phi) is 15.5. The highest BCUT2D eigenvalue weighted by Gasteiger charge is 2.22. The van der Waals surface area contributed by atoms with Gasteiger partial charge in [0.05, 0.1) is 5.92 Å². The van der Waals surface area contributed by atoms with Crippen LogP contribution in [0.2, 0.25) is 0 Å². The second kappa shape index (κ2) is 16.6. The molecule has 0 fully saturated rings. The van der Waals surface area contributed by atoms with Gasteiger partial charge in [-0.1, -0.05) is 41.9 Å². The molecule has 0 radical (unpaired) electrons. The summed E-state index contributed by atoms with van der Waals surface area (Å²) in [6.45, 7) is 9.93. The Morgan fingerprint density at radius 2 is 1.58 bits per heavy atom. The highest BCUT2D eigenvalue weighted by atomic mass is 32.2. The Morgan fingerprint density at radius 3 is 2.13 bits per heavy atom. The molecule has 0 aliphatic carbocycles. The van der Waals surface area contributed by atoms with Crippen LogP contribution in [-0.2, 0) is 14.4 Å². The lowest BCUT2D eigenvalue weighted by molar-refractivity contribution is -0.143. The number of carboxylic acid groups (broad SMARTS) is 1. The van der Waals surface area contributed by atoms with Gasteiger partial charge < -0.3 is 10.4 Å². The van der Waals surface area contributed by atoms with Crippen molar-refractivity contribution in [3.63, 3.8) is 0 Å². The Balaban J connectivity index is 4.40. The van der Waals surface area contributed by atoms with E-state index in [0.29, 0.717) is 11.5 Å². The van der Waals surface area contributed by atoms with Crippen LogP contribution in [0.4, 0.5) is 0 Å². The molecule has 0 aromatic heterocycles. The molecule has 7 nitrogen and oxygen atoms in total. The molecule has 0 bridgehead atoms. The number of carbonyl (C=O) groups is 3. The van der Waals surface area contributed by atoms with Crippen molar-refractivity contribution in [2.24, 2.45) is 11.8 Å². The molecule has 0 saturated carbocycles. The minimum Gasteiger partial charge on any atom is -0.481 e. The lowest BCUT2D eigenvalue weighted by Gasteiger charge is -2.17. The Bertz CT molecular complexity index is 682. The summed E-state index contributed by atoms with van der Waals surface area (Å²) in [7, 11) is 0. The number of thioether (sulfide) groups is 1. The normalized spacial score (nSPS) is 13.9. The van der Waals surface area contributed by atoms with E-state index >= 15 is 0 Å². The van der Waals surface area contributed by atoms with Crippen LogP contribution < -0.4 is 16.6 Å². The summed E-state index contributed by atoms with van der Waals surface area (Å²) in [5.74, 6) is 3.41. The minimum atomic E-state index is -1.05. The summed E-state index contributed by atoms with van der Waals surface area (Å²) in [5.41, 5.74) is 6.08. The van der Waals surface area contributed by atoms with Gasteiger partial charge in [0.1, 0.15) is 6.04 Å². The standard InChI is InChI=1S/C23H39N3O4S/c1-16(2)8-6-9-17(3)10-7-11-18(4)12-13-31-15-20(22(28)26-24)25-21(27)14-19(5)23(29)30/h8,10,12,19-20H,6-7,9,11,13-15,24H2,1-5H3,(H,25,27)(H,26,28)(H,29,30)/b17-10+,18-12+/t19?,20-/m0/s1. The van der Waals surface area contributed by atoms with E-state index in [9.17, 15) is 14.4 Å². The van der Waals surface area contributed by atoms with E-state index in [1.54, 1.807) is 0 Å². The number of hydrogen-bond donors (Lipinski definition) is 4. The van der Waals surface area contributed by atoms with Gasteiger partial charge in [0.15, 0.2) is 0 Å². The van der Waals surface area contributed by atoms with Crippen molar-refractivity contribution in [1.29, 1.82) is 0 Å². The maximum Gasteiger partial charge on any atom is 0.306 e.